The van der Waals surface area contributed by atoms with Crippen molar-refractivity contribution >= 4 is 5.97 Å². The molecule has 2 fully saturated rings. The van der Waals surface area contributed by atoms with Crippen LogP contribution in [-0.4, -0.2) is 72.2 Å². The molecule has 3 unspecified atom stereocenters. The van der Waals surface area contributed by atoms with Crippen molar-refractivity contribution in [3.63, 3.8) is 0 Å². The van der Waals surface area contributed by atoms with Gasteiger partial charge in [-0.2, -0.15) is 0 Å². The molecular weight excluding hydrogens is 266 g/mol. The summed E-state index contributed by atoms with van der Waals surface area (Å²) in [5, 5.41) is 13.0. The Bertz CT molecular complexity index is 363. The quantitative estimate of drug-likeness (QED) is 0.773. The summed E-state index contributed by atoms with van der Waals surface area (Å²) < 4.78 is 0. The maximum absolute atomic E-state index is 11.8. The van der Waals surface area contributed by atoms with Crippen LogP contribution in [0.2, 0.25) is 0 Å². The zero-order chi connectivity index (χ0) is 15.5. The second-order valence-electron chi connectivity index (χ2n) is 6.83. The Hall–Kier alpha value is -0.650. The Morgan fingerprint density at radius 1 is 1.43 bits per heavy atom. The predicted octanol–water partition coefficient (Wildman–Crippen LogP) is 1.25. The van der Waals surface area contributed by atoms with Crippen molar-refractivity contribution in [2.45, 2.75) is 51.1 Å². The Morgan fingerprint density at radius 2 is 2.19 bits per heavy atom. The van der Waals surface area contributed by atoms with Gasteiger partial charge in [0.25, 0.3) is 0 Å². The SMILES string of the molecule is CCNC1(C(=O)O)CCCC1CCN1CCN(C)CC1C. The number of carboxylic acids is 1. The fraction of sp³-hybridized carbons (Fsp3) is 0.938. The third-order valence-corrected chi connectivity index (χ3v) is 5.43. The first-order valence-corrected chi connectivity index (χ1v) is 8.40. The summed E-state index contributed by atoms with van der Waals surface area (Å²) in [5.74, 6) is -0.389. The molecule has 5 heteroatoms. The molecule has 0 aromatic heterocycles. The van der Waals surface area contributed by atoms with E-state index in [9.17, 15) is 9.90 Å². The molecule has 21 heavy (non-hydrogen) atoms. The fourth-order valence-corrected chi connectivity index (χ4v) is 4.21. The van der Waals surface area contributed by atoms with Gasteiger partial charge in [-0.15, -0.1) is 0 Å². The normalized spacial score (nSPS) is 35.2. The number of aliphatic carboxylic acids is 1. The van der Waals surface area contributed by atoms with E-state index in [0.717, 1.165) is 58.4 Å². The van der Waals surface area contributed by atoms with Gasteiger partial charge in [-0.05, 0) is 52.2 Å². The van der Waals surface area contributed by atoms with Gasteiger partial charge in [0.1, 0.15) is 5.54 Å². The molecule has 0 aromatic carbocycles. The molecule has 2 rings (SSSR count). The van der Waals surface area contributed by atoms with Crippen LogP contribution in [0.5, 0.6) is 0 Å². The average molecular weight is 297 g/mol. The highest BCUT2D eigenvalue weighted by Gasteiger charge is 2.48. The third kappa shape index (κ3) is 3.58. The van der Waals surface area contributed by atoms with Gasteiger partial charge >= 0.3 is 5.97 Å². The highest BCUT2D eigenvalue weighted by Crippen LogP contribution is 2.38. The van der Waals surface area contributed by atoms with E-state index in [-0.39, 0.29) is 5.92 Å². The Labute approximate surface area is 128 Å². The van der Waals surface area contributed by atoms with Crippen LogP contribution in [0.25, 0.3) is 0 Å². The molecule has 1 saturated carbocycles. The van der Waals surface area contributed by atoms with Crippen LogP contribution in [-0.2, 0) is 4.79 Å². The van der Waals surface area contributed by atoms with Gasteiger partial charge in [0.05, 0.1) is 0 Å². The van der Waals surface area contributed by atoms with Crippen LogP contribution in [0.15, 0.2) is 0 Å². The monoisotopic (exact) mass is 297 g/mol. The zero-order valence-corrected chi connectivity index (χ0v) is 13.8. The number of piperazine rings is 1. The second kappa shape index (κ2) is 7.07. The van der Waals surface area contributed by atoms with Crippen molar-refractivity contribution in [2.75, 3.05) is 39.8 Å². The van der Waals surface area contributed by atoms with Gasteiger partial charge in [0.15, 0.2) is 0 Å². The van der Waals surface area contributed by atoms with Crippen LogP contribution < -0.4 is 5.32 Å². The summed E-state index contributed by atoms with van der Waals surface area (Å²) in [6.07, 6.45) is 3.84. The molecule has 1 aliphatic carbocycles. The number of carbonyl (C=O) groups is 1. The molecule has 0 spiro atoms. The van der Waals surface area contributed by atoms with Gasteiger partial charge in [0.2, 0.25) is 0 Å². The van der Waals surface area contributed by atoms with Crippen LogP contribution >= 0.6 is 0 Å². The Morgan fingerprint density at radius 3 is 2.81 bits per heavy atom. The number of nitrogens with zero attached hydrogens (tertiary/aromatic N) is 2. The number of carboxylic acid groups (broad SMARTS) is 1. The minimum Gasteiger partial charge on any atom is -0.480 e. The average Bonchev–Trinajstić information content (AvgIpc) is 2.82. The molecular formula is C16H31N3O2. The van der Waals surface area contributed by atoms with E-state index in [1.807, 2.05) is 6.92 Å². The van der Waals surface area contributed by atoms with Crippen molar-refractivity contribution in [2.24, 2.45) is 5.92 Å². The third-order valence-electron chi connectivity index (χ3n) is 5.43. The summed E-state index contributed by atoms with van der Waals surface area (Å²) >= 11 is 0. The van der Waals surface area contributed by atoms with Gasteiger partial charge in [-0.3, -0.25) is 9.69 Å². The van der Waals surface area contributed by atoms with Crippen LogP contribution in [0.1, 0.15) is 39.5 Å². The van der Waals surface area contributed by atoms with E-state index in [1.54, 1.807) is 0 Å². The van der Waals surface area contributed by atoms with Crippen molar-refractivity contribution in [1.29, 1.82) is 0 Å². The van der Waals surface area contributed by atoms with Crippen LogP contribution in [0, 0.1) is 5.92 Å². The summed E-state index contributed by atoms with van der Waals surface area (Å²) in [4.78, 5) is 16.7. The minimum absolute atomic E-state index is 0.266. The molecule has 2 aliphatic rings. The molecule has 0 amide bonds. The standard InChI is InChI=1S/C16H31N3O2/c1-4-17-16(15(20)21)8-5-6-14(16)7-9-19-11-10-18(3)12-13(19)2/h13-14,17H,4-12H2,1-3H3,(H,20,21). The lowest BCUT2D eigenvalue weighted by molar-refractivity contribution is -0.146. The highest BCUT2D eigenvalue weighted by atomic mass is 16.4. The predicted molar refractivity (Wildman–Crippen MR) is 84.5 cm³/mol. The molecule has 1 saturated heterocycles. The van der Waals surface area contributed by atoms with E-state index >= 15 is 0 Å². The van der Waals surface area contributed by atoms with Crippen molar-refractivity contribution in [3.05, 3.63) is 0 Å². The molecule has 0 radical (unpaired) electrons. The first-order valence-electron chi connectivity index (χ1n) is 8.40. The second-order valence-corrected chi connectivity index (χ2v) is 6.83. The lowest BCUT2D eigenvalue weighted by Crippen LogP contribution is -2.56. The molecule has 0 bridgehead atoms. The zero-order valence-electron chi connectivity index (χ0n) is 13.8. The Balaban J connectivity index is 1.93. The summed E-state index contributed by atoms with van der Waals surface area (Å²) in [6, 6.07) is 0.573. The first-order chi connectivity index (χ1) is 9.99. The molecule has 1 heterocycles. The molecule has 0 aromatic rings. The lowest BCUT2D eigenvalue weighted by Gasteiger charge is -2.40. The van der Waals surface area contributed by atoms with E-state index in [0.29, 0.717) is 6.04 Å². The number of likely N-dealkylation sites (N-methyl/N-ethyl adjacent to an activating group) is 2. The topological polar surface area (TPSA) is 55.8 Å². The maximum atomic E-state index is 11.8. The molecule has 1 aliphatic heterocycles. The van der Waals surface area contributed by atoms with Crippen LogP contribution in [0.4, 0.5) is 0 Å². The first kappa shape index (κ1) is 16.7. The lowest BCUT2D eigenvalue weighted by atomic mass is 9.84. The van der Waals surface area contributed by atoms with E-state index in [2.05, 4.69) is 29.1 Å². The number of hydrogen-bond acceptors (Lipinski definition) is 4. The fourth-order valence-electron chi connectivity index (χ4n) is 4.21. The van der Waals surface area contributed by atoms with E-state index in [1.165, 1.54) is 0 Å². The highest BCUT2D eigenvalue weighted by molar-refractivity contribution is 5.79. The van der Waals surface area contributed by atoms with Gasteiger partial charge in [-0.1, -0.05) is 13.3 Å². The number of hydrogen-bond donors (Lipinski definition) is 2. The van der Waals surface area contributed by atoms with Gasteiger partial charge in [0, 0.05) is 25.7 Å². The Kier molecular flexibility index (Phi) is 5.63. The minimum atomic E-state index is -0.676. The van der Waals surface area contributed by atoms with Crippen molar-refractivity contribution < 1.29 is 9.90 Å². The summed E-state index contributed by atoms with van der Waals surface area (Å²) in [6.45, 7) is 9.37. The van der Waals surface area contributed by atoms with Crippen LogP contribution in [0.3, 0.4) is 0 Å². The molecule has 122 valence electrons. The largest absolute Gasteiger partial charge is 0.480 e. The molecule has 5 nitrogen and oxygen atoms in total. The van der Waals surface area contributed by atoms with E-state index in [4.69, 9.17) is 0 Å². The van der Waals surface area contributed by atoms with Gasteiger partial charge in [-0.25, -0.2) is 0 Å². The number of nitrogens with one attached hydrogen (secondary N) is 1. The van der Waals surface area contributed by atoms with Crippen molar-refractivity contribution in [1.82, 2.24) is 15.1 Å². The van der Waals surface area contributed by atoms with Crippen molar-refractivity contribution in [3.8, 4) is 0 Å². The maximum Gasteiger partial charge on any atom is 0.324 e. The van der Waals surface area contributed by atoms with E-state index < -0.39 is 11.5 Å². The van der Waals surface area contributed by atoms with Gasteiger partial charge < -0.3 is 15.3 Å². The smallest absolute Gasteiger partial charge is 0.324 e. The summed E-state index contributed by atoms with van der Waals surface area (Å²) in [7, 11) is 2.17. The summed E-state index contributed by atoms with van der Waals surface area (Å²) in [5.41, 5.74) is -0.676. The molecule has 3 atom stereocenters. The number of rotatable bonds is 6. The molecule has 2 N–H and O–H groups in total.